The van der Waals surface area contributed by atoms with Gasteiger partial charge >= 0.3 is 0 Å². The Labute approximate surface area is 151 Å². The molecule has 0 spiro atoms. The van der Waals surface area contributed by atoms with Crippen molar-refractivity contribution in [2.24, 2.45) is 0 Å². The summed E-state index contributed by atoms with van der Waals surface area (Å²) in [7, 11) is -3.21. The van der Waals surface area contributed by atoms with E-state index in [2.05, 4.69) is 10.3 Å². The summed E-state index contributed by atoms with van der Waals surface area (Å²) >= 11 is 0. The minimum Gasteiger partial charge on any atom is -0.322 e. The molecule has 2 heterocycles. The van der Waals surface area contributed by atoms with Crippen LogP contribution in [0.1, 0.15) is 16.8 Å². The Morgan fingerprint density at radius 3 is 2.58 bits per heavy atom. The highest BCUT2D eigenvalue weighted by molar-refractivity contribution is 7.93. The summed E-state index contributed by atoms with van der Waals surface area (Å²) in [6.07, 6.45) is 4.10. The highest BCUT2D eigenvalue weighted by Crippen LogP contribution is 2.24. The summed E-state index contributed by atoms with van der Waals surface area (Å²) in [6, 6.07) is 14.1. The first kappa shape index (κ1) is 16.5. The minimum absolute atomic E-state index is 0.173. The van der Waals surface area contributed by atoms with Crippen molar-refractivity contribution in [1.29, 1.82) is 0 Å². The van der Waals surface area contributed by atoms with Gasteiger partial charge in [-0.1, -0.05) is 6.07 Å². The Morgan fingerprint density at radius 1 is 1.04 bits per heavy atom. The van der Waals surface area contributed by atoms with Crippen molar-refractivity contribution in [1.82, 2.24) is 4.98 Å². The van der Waals surface area contributed by atoms with E-state index in [1.807, 2.05) is 24.3 Å². The first-order chi connectivity index (χ1) is 12.5. The van der Waals surface area contributed by atoms with Gasteiger partial charge in [0, 0.05) is 35.6 Å². The molecule has 1 N–H and O–H groups in total. The fourth-order valence-electron chi connectivity index (χ4n) is 3.07. The van der Waals surface area contributed by atoms with Crippen molar-refractivity contribution >= 4 is 38.1 Å². The maximum absolute atomic E-state index is 12.5. The Hall–Kier alpha value is -2.93. The fourth-order valence-corrected chi connectivity index (χ4v) is 4.64. The highest BCUT2D eigenvalue weighted by atomic mass is 32.2. The van der Waals surface area contributed by atoms with Crippen LogP contribution in [0.4, 0.5) is 11.4 Å². The SMILES string of the molecule is O=C(Nc1ccc2cnccc2c1)c1ccc(N2CCCS2(=O)=O)cc1. The Bertz CT molecular complexity index is 1080. The largest absolute Gasteiger partial charge is 0.322 e. The first-order valence-corrected chi connectivity index (χ1v) is 9.89. The molecule has 2 aromatic carbocycles. The van der Waals surface area contributed by atoms with Crippen LogP contribution in [0, 0.1) is 0 Å². The van der Waals surface area contributed by atoms with Crippen LogP contribution in [-0.4, -0.2) is 31.6 Å². The van der Waals surface area contributed by atoms with E-state index < -0.39 is 10.0 Å². The molecule has 1 amide bonds. The average Bonchev–Trinajstić information content (AvgIpc) is 3.01. The quantitative estimate of drug-likeness (QED) is 0.772. The molecule has 1 aromatic heterocycles. The molecule has 1 aliphatic rings. The summed E-state index contributed by atoms with van der Waals surface area (Å²) in [5.41, 5.74) is 1.76. The van der Waals surface area contributed by atoms with E-state index in [-0.39, 0.29) is 11.7 Å². The lowest BCUT2D eigenvalue weighted by Crippen LogP contribution is -2.25. The maximum Gasteiger partial charge on any atom is 0.255 e. The zero-order valence-corrected chi connectivity index (χ0v) is 14.7. The number of anilines is 2. The van der Waals surface area contributed by atoms with Crippen LogP contribution in [0.5, 0.6) is 0 Å². The minimum atomic E-state index is -3.21. The fraction of sp³-hybridized carbons (Fsp3) is 0.158. The van der Waals surface area contributed by atoms with E-state index in [0.29, 0.717) is 29.9 Å². The molecule has 0 saturated carbocycles. The second kappa shape index (κ2) is 6.42. The molecule has 1 saturated heterocycles. The van der Waals surface area contributed by atoms with E-state index >= 15 is 0 Å². The highest BCUT2D eigenvalue weighted by Gasteiger charge is 2.28. The molecular formula is C19H17N3O3S. The molecule has 7 heteroatoms. The smallest absolute Gasteiger partial charge is 0.255 e. The zero-order chi connectivity index (χ0) is 18.1. The van der Waals surface area contributed by atoms with Gasteiger partial charge < -0.3 is 5.32 Å². The normalized spacial score (nSPS) is 15.9. The zero-order valence-electron chi connectivity index (χ0n) is 13.9. The van der Waals surface area contributed by atoms with Crippen LogP contribution in [0.25, 0.3) is 10.8 Å². The second-order valence-corrected chi connectivity index (χ2v) is 8.19. The molecule has 0 atom stereocenters. The summed E-state index contributed by atoms with van der Waals surface area (Å²) < 4.78 is 25.3. The van der Waals surface area contributed by atoms with Crippen LogP contribution >= 0.6 is 0 Å². The molecule has 6 nitrogen and oxygen atoms in total. The number of fused-ring (bicyclic) bond motifs is 1. The number of sulfonamides is 1. The number of hydrogen-bond donors (Lipinski definition) is 1. The monoisotopic (exact) mass is 367 g/mol. The topological polar surface area (TPSA) is 79.4 Å². The average molecular weight is 367 g/mol. The van der Waals surface area contributed by atoms with Gasteiger partial charge in [0.05, 0.1) is 11.4 Å². The Balaban J connectivity index is 1.52. The van der Waals surface area contributed by atoms with Gasteiger partial charge in [-0.25, -0.2) is 8.42 Å². The molecule has 4 rings (SSSR count). The van der Waals surface area contributed by atoms with Crippen LogP contribution in [0.2, 0.25) is 0 Å². The van der Waals surface area contributed by atoms with E-state index in [0.717, 1.165) is 10.8 Å². The number of amides is 1. The third kappa shape index (κ3) is 3.13. The first-order valence-electron chi connectivity index (χ1n) is 8.29. The molecule has 132 valence electrons. The molecule has 3 aromatic rings. The van der Waals surface area contributed by atoms with Gasteiger partial charge in [0.1, 0.15) is 0 Å². The predicted molar refractivity (Wildman–Crippen MR) is 102 cm³/mol. The van der Waals surface area contributed by atoms with Gasteiger partial charge in [0.2, 0.25) is 10.0 Å². The van der Waals surface area contributed by atoms with Gasteiger partial charge in [-0.2, -0.15) is 0 Å². The molecule has 1 aliphatic heterocycles. The summed E-state index contributed by atoms with van der Waals surface area (Å²) in [6.45, 7) is 0.486. The standard InChI is InChI=1S/C19H17N3O3S/c23-19(21-17-5-2-16-13-20-9-8-15(16)12-17)14-3-6-18(7-4-14)22-10-1-11-26(22,24)25/h2-9,12-13H,1,10-11H2,(H,21,23). The number of rotatable bonds is 3. The van der Waals surface area contributed by atoms with E-state index in [4.69, 9.17) is 0 Å². The van der Waals surface area contributed by atoms with E-state index in [1.54, 1.807) is 36.7 Å². The number of benzene rings is 2. The van der Waals surface area contributed by atoms with Crippen molar-refractivity contribution in [3.05, 3.63) is 66.5 Å². The Kier molecular flexibility index (Phi) is 4.08. The molecule has 0 bridgehead atoms. The molecule has 26 heavy (non-hydrogen) atoms. The summed E-state index contributed by atoms with van der Waals surface area (Å²) in [5.74, 6) is -0.0681. The van der Waals surface area contributed by atoms with Gasteiger partial charge in [0.15, 0.2) is 0 Å². The molecule has 0 unspecified atom stereocenters. The van der Waals surface area contributed by atoms with Crippen molar-refractivity contribution in [2.45, 2.75) is 6.42 Å². The Morgan fingerprint density at radius 2 is 1.85 bits per heavy atom. The molecule has 1 fully saturated rings. The predicted octanol–water partition coefficient (Wildman–Crippen LogP) is 3.03. The number of carbonyl (C=O) groups is 1. The third-order valence-electron chi connectivity index (χ3n) is 4.42. The van der Waals surface area contributed by atoms with Crippen LogP contribution in [-0.2, 0) is 10.0 Å². The number of carbonyl (C=O) groups excluding carboxylic acids is 1. The number of aromatic nitrogens is 1. The van der Waals surface area contributed by atoms with E-state index in [9.17, 15) is 13.2 Å². The lowest BCUT2D eigenvalue weighted by molar-refractivity contribution is 0.102. The van der Waals surface area contributed by atoms with Crippen LogP contribution < -0.4 is 9.62 Å². The van der Waals surface area contributed by atoms with Gasteiger partial charge in [-0.15, -0.1) is 0 Å². The van der Waals surface area contributed by atoms with Crippen molar-refractivity contribution in [2.75, 3.05) is 21.9 Å². The maximum atomic E-state index is 12.5. The van der Waals surface area contributed by atoms with Crippen molar-refractivity contribution in [3.63, 3.8) is 0 Å². The molecule has 0 radical (unpaired) electrons. The number of nitrogens with one attached hydrogen (secondary N) is 1. The van der Waals surface area contributed by atoms with Gasteiger partial charge in [0.25, 0.3) is 5.91 Å². The van der Waals surface area contributed by atoms with Gasteiger partial charge in [-0.05, 0) is 54.3 Å². The third-order valence-corrected chi connectivity index (χ3v) is 6.28. The summed E-state index contributed by atoms with van der Waals surface area (Å²) in [5, 5.41) is 4.86. The van der Waals surface area contributed by atoms with Crippen molar-refractivity contribution in [3.8, 4) is 0 Å². The lowest BCUT2D eigenvalue weighted by Gasteiger charge is -2.17. The van der Waals surface area contributed by atoms with Crippen LogP contribution in [0.15, 0.2) is 60.9 Å². The number of nitrogens with zero attached hydrogens (tertiary/aromatic N) is 2. The van der Waals surface area contributed by atoms with E-state index in [1.165, 1.54) is 4.31 Å². The van der Waals surface area contributed by atoms with Gasteiger partial charge in [-0.3, -0.25) is 14.1 Å². The number of hydrogen-bond acceptors (Lipinski definition) is 4. The number of pyridine rings is 1. The second-order valence-electron chi connectivity index (χ2n) is 6.18. The van der Waals surface area contributed by atoms with Crippen molar-refractivity contribution < 1.29 is 13.2 Å². The lowest BCUT2D eigenvalue weighted by atomic mass is 10.1. The van der Waals surface area contributed by atoms with Crippen LogP contribution in [0.3, 0.4) is 0 Å². The molecule has 0 aliphatic carbocycles. The summed E-state index contributed by atoms with van der Waals surface area (Å²) in [4.78, 5) is 16.5. The molecular weight excluding hydrogens is 350 g/mol.